The van der Waals surface area contributed by atoms with Crippen LogP contribution in [0.2, 0.25) is 0 Å². The largest absolute Gasteiger partial charge is 0.352 e. The topological polar surface area (TPSA) is 44.4 Å². The van der Waals surface area contributed by atoms with E-state index in [-0.39, 0.29) is 36.6 Å². The van der Waals surface area contributed by atoms with E-state index in [1.165, 1.54) is 36.9 Å². The lowest BCUT2D eigenvalue weighted by Crippen LogP contribution is -2.37. The summed E-state index contributed by atoms with van der Waals surface area (Å²) in [7, 11) is 1.87. The fourth-order valence-corrected chi connectivity index (χ4v) is 3.25. The molecule has 0 aromatic heterocycles. The molecule has 1 heterocycles. The number of hydrogen-bond donors (Lipinski definition) is 2. The molecule has 2 unspecified atom stereocenters. The van der Waals surface area contributed by atoms with Crippen molar-refractivity contribution >= 4 is 30.7 Å². The second-order valence-electron chi connectivity index (χ2n) is 6.76. The quantitative estimate of drug-likeness (QED) is 0.750. The van der Waals surface area contributed by atoms with Gasteiger partial charge in [0.2, 0.25) is 5.91 Å². The molecule has 1 amide bonds. The van der Waals surface area contributed by atoms with Gasteiger partial charge in [-0.3, -0.25) is 9.69 Å². The number of benzene rings is 1. The number of piperidine rings is 1. The van der Waals surface area contributed by atoms with Crippen molar-refractivity contribution in [3.63, 3.8) is 0 Å². The third-order valence-electron chi connectivity index (χ3n) is 4.84. The standard InChI is InChI=1S/C19H31N3O.2ClH/c1-15(12-20-3)19(23)21-13-17-9-4-5-10-18(17)14-22-11-7-6-8-16(22)2;;/h4-5,9-10,15-16,20H,6-8,11-14H2,1-3H3,(H,21,23);2*1H. The van der Waals surface area contributed by atoms with E-state index in [1.807, 2.05) is 14.0 Å². The highest BCUT2D eigenvalue weighted by Crippen LogP contribution is 2.20. The van der Waals surface area contributed by atoms with Crippen molar-refractivity contribution in [1.29, 1.82) is 0 Å². The van der Waals surface area contributed by atoms with E-state index in [9.17, 15) is 4.79 Å². The number of nitrogens with zero attached hydrogens (tertiary/aromatic N) is 1. The van der Waals surface area contributed by atoms with Crippen molar-refractivity contribution in [3.05, 3.63) is 35.4 Å². The third-order valence-corrected chi connectivity index (χ3v) is 4.84. The van der Waals surface area contributed by atoms with Gasteiger partial charge in [-0.05, 0) is 44.5 Å². The van der Waals surface area contributed by atoms with Gasteiger partial charge < -0.3 is 10.6 Å². The van der Waals surface area contributed by atoms with Crippen molar-refractivity contribution in [3.8, 4) is 0 Å². The Morgan fingerprint density at radius 1 is 1.24 bits per heavy atom. The summed E-state index contributed by atoms with van der Waals surface area (Å²) < 4.78 is 0. The van der Waals surface area contributed by atoms with Gasteiger partial charge in [0.15, 0.2) is 0 Å². The monoisotopic (exact) mass is 389 g/mol. The average molecular weight is 390 g/mol. The minimum absolute atomic E-state index is 0. The Morgan fingerprint density at radius 2 is 1.92 bits per heavy atom. The SMILES string of the molecule is CNCC(C)C(=O)NCc1ccccc1CN1CCCCC1C.Cl.Cl. The predicted octanol–water partition coefficient (Wildman–Crippen LogP) is 3.38. The molecule has 2 N–H and O–H groups in total. The number of carbonyl (C=O) groups is 1. The van der Waals surface area contributed by atoms with Crippen molar-refractivity contribution in [2.45, 2.75) is 52.2 Å². The maximum atomic E-state index is 12.1. The molecule has 0 spiro atoms. The Kier molecular flexibility index (Phi) is 12.1. The molecular weight excluding hydrogens is 357 g/mol. The lowest BCUT2D eigenvalue weighted by atomic mass is 10.0. The molecule has 1 saturated heterocycles. The summed E-state index contributed by atoms with van der Waals surface area (Å²) in [5.74, 6) is 0.106. The van der Waals surface area contributed by atoms with Crippen LogP contribution in [0, 0.1) is 5.92 Å². The molecule has 1 fully saturated rings. The summed E-state index contributed by atoms with van der Waals surface area (Å²) in [6.07, 6.45) is 3.93. The molecule has 1 aliphatic rings. The first-order valence-corrected chi connectivity index (χ1v) is 8.85. The number of likely N-dealkylation sites (tertiary alicyclic amines) is 1. The highest BCUT2D eigenvalue weighted by molar-refractivity contribution is 5.85. The van der Waals surface area contributed by atoms with E-state index in [0.717, 1.165) is 6.54 Å². The zero-order chi connectivity index (χ0) is 16.7. The Hall–Kier alpha value is -0.810. The summed E-state index contributed by atoms with van der Waals surface area (Å²) in [4.78, 5) is 14.7. The summed E-state index contributed by atoms with van der Waals surface area (Å²) in [5.41, 5.74) is 2.57. The Morgan fingerprint density at radius 3 is 2.56 bits per heavy atom. The molecule has 6 heteroatoms. The van der Waals surface area contributed by atoms with E-state index in [0.29, 0.717) is 19.1 Å². The Bertz CT molecular complexity index is 513. The van der Waals surface area contributed by atoms with Gasteiger partial charge in [-0.15, -0.1) is 24.8 Å². The zero-order valence-corrected chi connectivity index (χ0v) is 17.2. The highest BCUT2D eigenvalue weighted by atomic mass is 35.5. The predicted molar refractivity (Wildman–Crippen MR) is 110 cm³/mol. The molecule has 1 aliphatic heterocycles. The maximum absolute atomic E-state index is 12.1. The van der Waals surface area contributed by atoms with Gasteiger partial charge in [-0.25, -0.2) is 0 Å². The molecule has 1 aromatic carbocycles. The first kappa shape index (κ1) is 24.2. The van der Waals surface area contributed by atoms with Crippen LogP contribution in [0.4, 0.5) is 0 Å². The molecule has 2 rings (SSSR count). The summed E-state index contributed by atoms with van der Waals surface area (Å²) >= 11 is 0. The molecule has 2 atom stereocenters. The Labute approximate surface area is 164 Å². The van der Waals surface area contributed by atoms with Crippen molar-refractivity contribution in [2.24, 2.45) is 5.92 Å². The molecule has 0 bridgehead atoms. The molecule has 0 saturated carbocycles. The maximum Gasteiger partial charge on any atom is 0.224 e. The van der Waals surface area contributed by atoms with Crippen LogP contribution in [0.1, 0.15) is 44.2 Å². The van der Waals surface area contributed by atoms with E-state index in [4.69, 9.17) is 0 Å². The van der Waals surface area contributed by atoms with Crippen molar-refractivity contribution in [2.75, 3.05) is 20.1 Å². The smallest absolute Gasteiger partial charge is 0.224 e. The second-order valence-corrected chi connectivity index (χ2v) is 6.76. The van der Waals surface area contributed by atoms with Crippen molar-refractivity contribution < 1.29 is 4.79 Å². The van der Waals surface area contributed by atoms with E-state index in [1.54, 1.807) is 0 Å². The molecular formula is C19H33Cl2N3O. The number of carbonyl (C=O) groups excluding carboxylic acids is 1. The number of rotatable bonds is 7. The third kappa shape index (κ3) is 7.53. The first-order chi connectivity index (χ1) is 11.1. The average Bonchev–Trinajstić information content (AvgIpc) is 2.56. The van der Waals surface area contributed by atoms with Crippen LogP contribution in [0.15, 0.2) is 24.3 Å². The number of amides is 1. The fourth-order valence-electron chi connectivity index (χ4n) is 3.25. The summed E-state index contributed by atoms with van der Waals surface area (Å²) in [6.45, 7) is 7.76. The zero-order valence-electron chi connectivity index (χ0n) is 15.6. The second kappa shape index (κ2) is 12.5. The molecule has 1 aromatic rings. The van der Waals surface area contributed by atoms with Crippen LogP contribution in [0.5, 0.6) is 0 Å². The van der Waals surface area contributed by atoms with Crippen molar-refractivity contribution in [1.82, 2.24) is 15.5 Å². The van der Waals surface area contributed by atoms with Gasteiger partial charge in [-0.1, -0.05) is 37.6 Å². The fraction of sp³-hybridized carbons (Fsp3) is 0.632. The first-order valence-electron chi connectivity index (χ1n) is 8.85. The summed E-state index contributed by atoms with van der Waals surface area (Å²) in [6, 6.07) is 9.13. The number of hydrogen-bond acceptors (Lipinski definition) is 3. The van der Waals surface area contributed by atoms with Crippen LogP contribution in [0.25, 0.3) is 0 Å². The van der Waals surface area contributed by atoms with Crippen LogP contribution in [0.3, 0.4) is 0 Å². The molecule has 25 heavy (non-hydrogen) atoms. The minimum atomic E-state index is -0.00530. The lowest BCUT2D eigenvalue weighted by Gasteiger charge is -2.33. The lowest BCUT2D eigenvalue weighted by molar-refractivity contribution is -0.124. The van der Waals surface area contributed by atoms with Crippen LogP contribution < -0.4 is 10.6 Å². The van der Waals surface area contributed by atoms with Crippen LogP contribution in [-0.2, 0) is 17.9 Å². The van der Waals surface area contributed by atoms with Gasteiger partial charge in [0.25, 0.3) is 0 Å². The number of nitrogens with one attached hydrogen (secondary N) is 2. The summed E-state index contributed by atoms with van der Waals surface area (Å²) in [5, 5.41) is 6.12. The van der Waals surface area contributed by atoms with Gasteiger partial charge in [0, 0.05) is 31.6 Å². The highest BCUT2D eigenvalue weighted by Gasteiger charge is 2.19. The van der Waals surface area contributed by atoms with Gasteiger partial charge >= 0.3 is 0 Å². The number of halogens is 2. The molecule has 144 valence electrons. The van der Waals surface area contributed by atoms with Gasteiger partial charge in [0.05, 0.1) is 0 Å². The normalized spacial score (nSPS) is 18.6. The van der Waals surface area contributed by atoms with E-state index >= 15 is 0 Å². The molecule has 4 nitrogen and oxygen atoms in total. The van der Waals surface area contributed by atoms with Crippen LogP contribution in [-0.4, -0.2) is 37.0 Å². The van der Waals surface area contributed by atoms with Gasteiger partial charge in [-0.2, -0.15) is 0 Å². The Balaban J connectivity index is 0.00000288. The van der Waals surface area contributed by atoms with Crippen LogP contribution >= 0.6 is 24.8 Å². The molecule has 0 radical (unpaired) electrons. The minimum Gasteiger partial charge on any atom is -0.352 e. The van der Waals surface area contributed by atoms with E-state index in [2.05, 4.69) is 46.7 Å². The van der Waals surface area contributed by atoms with E-state index < -0.39 is 0 Å². The van der Waals surface area contributed by atoms with Gasteiger partial charge in [0.1, 0.15) is 0 Å². The molecule has 0 aliphatic carbocycles.